The zero-order valence-electron chi connectivity index (χ0n) is 24.2. The third-order valence-corrected chi connectivity index (χ3v) is 10.9. The fourth-order valence-corrected chi connectivity index (χ4v) is 7.99. The molecule has 11 nitrogen and oxygen atoms in total. The number of halogens is 1. The van der Waals surface area contributed by atoms with Gasteiger partial charge in [0, 0.05) is 36.8 Å². The Hall–Kier alpha value is -2.67. The number of carbonyl (C=O) groups excluding carboxylic acids is 2. The van der Waals surface area contributed by atoms with Crippen molar-refractivity contribution < 1.29 is 22.7 Å². The Bertz CT molecular complexity index is 1370. The van der Waals surface area contributed by atoms with Crippen molar-refractivity contribution in [3.8, 4) is 11.3 Å². The number of piperidine rings is 1. The SMILES string of the molecule is COC(=O)Nc1ccc(-c2nc(C3C[C@H](C4CCN(S(C)(=O)=O)CC4)CN3C(=O)C3CCC(CN)CC3)[nH]c2Cl)cc1. The minimum Gasteiger partial charge on any atom is -0.453 e. The van der Waals surface area contributed by atoms with E-state index in [4.69, 9.17) is 22.3 Å². The monoisotopic (exact) mass is 620 g/mol. The maximum absolute atomic E-state index is 14.0. The van der Waals surface area contributed by atoms with Crippen LogP contribution >= 0.6 is 11.6 Å². The molecule has 0 radical (unpaired) electrons. The van der Waals surface area contributed by atoms with Crippen LogP contribution in [-0.4, -0.2) is 79.1 Å². The molecule has 1 saturated carbocycles. The number of anilines is 1. The first-order valence-corrected chi connectivity index (χ1v) is 17.0. The second kappa shape index (κ2) is 12.9. The summed E-state index contributed by atoms with van der Waals surface area (Å²) in [6, 6.07) is 6.90. The molecule has 2 atom stereocenters. The molecule has 2 aromatic rings. The molecule has 2 saturated heterocycles. The van der Waals surface area contributed by atoms with Crippen LogP contribution in [0.3, 0.4) is 0 Å². The number of hydrogen-bond acceptors (Lipinski definition) is 7. The van der Waals surface area contributed by atoms with E-state index in [1.54, 1.807) is 16.4 Å². The van der Waals surface area contributed by atoms with Gasteiger partial charge in [0.2, 0.25) is 15.9 Å². The molecule has 5 rings (SSSR count). The summed E-state index contributed by atoms with van der Waals surface area (Å²) in [6.07, 6.45) is 6.65. The van der Waals surface area contributed by atoms with E-state index in [1.165, 1.54) is 13.4 Å². The van der Waals surface area contributed by atoms with Crippen LogP contribution in [0.25, 0.3) is 11.3 Å². The van der Waals surface area contributed by atoms with Crippen LogP contribution in [0.2, 0.25) is 5.15 Å². The van der Waals surface area contributed by atoms with E-state index in [0.29, 0.717) is 60.4 Å². The molecule has 230 valence electrons. The van der Waals surface area contributed by atoms with Crippen molar-refractivity contribution >= 4 is 39.3 Å². The number of amides is 2. The van der Waals surface area contributed by atoms with Gasteiger partial charge in [-0.2, -0.15) is 0 Å². The Labute approximate surface area is 252 Å². The Morgan fingerprint density at radius 1 is 1.10 bits per heavy atom. The highest BCUT2D eigenvalue weighted by atomic mass is 35.5. The van der Waals surface area contributed by atoms with Gasteiger partial charge in [-0.1, -0.05) is 23.7 Å². The zero-order chi connectivity index (χ0) is 30.0. The van der Waals surface area contributed by atoms with Gasteiger partial charge >= 0.3 is 6.09 Å². The van der Waals surface area contributed by atoms with Crippen molar-refractivity contribution in [2.45, 2.75) is 51.0 Å². The van der Waals surface area contributed by atoms with Crippen molar-refractivity contribution in [1.29, 1.82) is 0 Å². The first kappa shape index (κ1) is 30.8. The van der Waals surface area contributed by atoms with Crippen LogP contribution < -0.4 is 11.1 Å². The average molecular weight is 621 g/mol. The summed E-state index contributed by atoms with van der Waals surface area (Å²) in [7, 11) is -1.90. The van der Waals surface area contributed by atoms with Gasteiger partial charge in [-0.05, 0) is 81.4 Å². The Balaban J connectivity index is 1.36. The van der Waals surface area contributed by atoms with Crippen LogP contribution in [0.5, 0.6) is 0 Å². The fourth-order valence-electron chi connectivity index (χ4n) is 6.87. The van der Waals surface area contributed by atoms with Crippen LogP contribution in [0.1, 0.15) is 56.8 Å². The quantitative estimate of drug-likeness (QED) is 0.419. The maximum atomic E-state index is 14.0. The highest BCUT2D eigenvalue weighted by molar-refractivity contribution is 7.88. The summed E-state index contributed by atoms with van der Waals surface area (Å²) in [6.45, 7) is 2.32. The number of hydrogen-bond donors (Lipinski definition) is 3. The molecule has 42 heavy (non-hydrogen) atoms. The van der Waals surface area contributed by atoms with E-state index in [1.807, 2.05) is 17.0 Å². The number of likely N-dealkylation sites (tertiary alicyclic amines) is 1. The molecule has 1 unspecified atom stereocenters. The number of rotatable bonds is 7. The molecule has 1 aliphatic carbocycles. The summed E-state index contributed by atoms with van der Waals surface area (Å²) in [5.74, 6) is 1.86. The standard InChI is InChI=1S/C29H41ClN6O5S/c1-41-29(38)32-23-9-7-20(8-10-23)25-26(30)34-27(33-25)24-15-22(19-11-13-35(14-12-19)42(2,39)40)17-36(24)28(37)21-5-3-18(16-31)4-6-21/h7-10,18-19,21-22,24H,3-6,11-17,31H2,1-2H3,(H,32,38)(H,33,34)/t18?,21?,22-,24?/m0/s1. The number of benzene rings is 1. The summed E-state index contributed by atoms with van der Waals surface area (Å²) in [4.78, 5) is 35.7. The lowest BCUT2D eigenvalue weighted by Crippen LogP contribution is -2.41. The molecule has 1 aromatic heterocycles. The van der Waals surface area contributed by atoms with Crippen LogP contribution in [0.15, 0.2) is 24.3 Å². The largest absolute Gasteiger partial charge is 0.453 e. The second-order valence-electron chi connectivity index (χ2n) is 11.9. The number of methoxy groups -OCH3 is 1. The number of imidazole rings is 1. The lowest BCUT2D eigenvalue weighted by Gasteiger charge is -2.34. The van der Waals surface area contributed by atoms with E-state index in [0.717, 1.165) is 50.5 Å². The van der Waals surface area contributed by atoms with Gasteiger partial charge in [-0.25, -0.2) is 22.5 Å². The van der Waals surface area contributed by atoms with Crippen molar-refractivity contribution in [1.82, 2.24) is 19.2 Å². The number of nitrogens with one attached hydrogen (secondary N) is 2. The first-order valence-electron chi connectivity index (χ1n) is 14.7. The predicted molar refractivity (Wildman–Crippen MR) is 161 cm³/mol. The molecule has 4 N–H and O–H groups in total. The molecule has 3 heterocycles. The van der Waals surface area contributed by atoms with Crippen molar-refractivity contribution in [2.24, 2.45) is 29.4 Å². The van der Waals surface area contributed by atoms with Gasteiger partial charge in [0.25, 0.3) is 0 Å². The molecule has 13 heteroatoms. The van der Waals surface area contributed by atoms with Gasteiger partial charge < -0.3 is 20.4 Å². The molecule has 0 bridgehead atoms. The average Bonchev–Trinajstić information content (AvgIpc) is 3.61. The van der Waals surface area contributed by atoms with E-state index >= 15 is 0 Å². The molecular formula is C29H41ClN6O5S. The number of H-pyrrole nitrogens is 1. The van der Waals surface area contributed by atoms with E-state index in [2.05, 4.69) is 15.0 Å². The maximum Gasteiger partial charge on any atom is 0.411 e. The summed E-state index contributed by atoms with van der Waals surface area (Å²) in [5, 5.41) is 3.02. The van der Waals surface area contributed by atoms with Crippen molar-refractivity contribution in [3.05, 3.63) is 35.2 Å². The Morgan fingerprint density at radius 3 is 2.36 bits per heavy atom. The number of nitrogens with zero attached hydrogens (tertiary/aromatic N) is 3. The third-order valence-electron chi connectivity index (χ3n) is 9.36. The van der Waals surface area contributed by atoms with Crippen molar-refractivity contribution in [2.75, 3.05) is 44.9 Å². The lowest BCUT2D eigenvalue weighted by atomic mass is 9.81. The molecule has 3 aliphatic rings. The summed E-state index contributed by atoms with van der Waals surface area (Å²) in [5.41, 5.74) is 7.84. The minimum atomic E-state index is -3.21. The Kier molecular flexibility index (Phi) is 9.46. The Morgan fingerprint density at radius 2 is 1.76 bits per heavy atom. The van der Waals surface area contributed by atoms with E-state index < -0.39 is 16.1 Å². The smallest absolute Gasteiger partial charge is 0.411 e. The van der Waals surface area contributed by atoms with E-state index in [-0.39, 0.29) is 23.8 Å². The van der Waals surface area contributed by atoms with Gasteiger partial charge in [0.1, 0.15) is 16.7 Å². The van der Waals surface area contributed by atoms with Gasteiger partial charge in [-0.15, -0.1) is 0 Å². The van der Waals surface area contributed by atoms with Crippen LogP contribution in [0, 0.1) is 23.7 Å². The second-order valence-corrected chi connectivity index (χ2v) is 14.3. The van der Waals surface area contributed by atoms with Gasteiger partial charge in [0.05, 0.1) is 19.4 Å². The van der Waals surface area contributed by atoms with Crippen LogP contribution in [-0.2, 0) is 19.6 Å². The highest BCUT2D eigenvalue weighted by Crippen LogP contribution is 2.44. The summed E-state index contributed by atoms with van der Waals surface area (Å²) < 4.78 is 30.3. The topological polar surface area (TPSA) is 151 Å². The number of aromatic amines is 1. The fraction of sp³-hybridized carbons (Fsp3) is 0.621. The lowest BCUT2D eigenvalue weighted by molar-refractivity contribution is -0.138. The number of ether oxygens (including phenoxy) is 1. The number of carbonyl (C=O) groups is 2. The molecule has 2 amide bonds. The van der Waals surface area contributed by atoms with Gasteiger partial charge in [0.15, 0.2) is 0 Å². The predicted octanol–water partition coefficient (Wildman–Crippen LogP) is 4.23. The normalized spacial score (nSPS) is 25.9. The van der Waals surface area contributed by atoms with Crippen LogP contribution in [0.4, 0.5) is 10.5 Å². The highest BCUT2D eigenvalue weighted by Gasteiger charge is 2.44. The molecule has 1 aromatic carbocycles. The number of aromatic nitrogens is 2. The zero-order valence-corrected chi connectivity index (χ0v) is 25.8. The molecular weight excluding hydrogens is 580 g/mol. The van der Waals surface area contributed by atoms with Gasteiger partial charge in [-0.3, -0.25) is 10.1 Å². The first-order chi connectivity index (χ1) is 20.1. The van der Waals surface area contributed by atoms with E-state index in [9.17, 15) is 18.0 Å². The summed E-state index contributed by atoms with van der Waals surface area (Å²) >= 11 is 6.67. The molecule has 2 aliphatic heterocycles. The van der Waals surface area contributed by atoms with Crippen molar-refractivity contribution in [3.63, 3.8) is 0 Å². The number of nitrogens with two attached hydrogens (primary N) is 1. The number of sulfonamides is 1. The molecule has 0 spiro atoms. The minimum absolute atomic E-state index is 0.0270. The third kappa shape index (κ3) is 6.77. The molecule has 3 fully saturated rings.